The summed E-state index contributed by atoms with van der Waals surface area (Å²) in [7, 11) is -3.92. The van der Waals surface area contributed by atoms with E-state index in [1.54, 1.807) is 0 Å². The molecule has 0 rings (SSSR count). The third kappa shape index (κ3) is 31.7. The van der Waals surface area contributed by atoms with E-state index >= 15 is 0 Å². The van der Waals surface area contributed by atoms with Crippen LogP contribution in [0.15, 0.2) is 0 Å². The van der Waals surface area contributed by atoms with Crippen LogP contribution in [0, 0.1) is 0 Å². The number of rotatable bonds is 35. The van der Waals surface area contributed by atoms with Gasteiger partial charge in [-0.1, -0.05) is 149 Å². The van der Waals surface area contributed by atoms with E-state index in [-0.39, 0.29) is 18.0 Å². The number of nitrogens with zero attached hydrogens (tertiary/aromatic N) is 2. The number of aliphatic hydroxyl groups is 2. The smallest absolute Gasteiger partial charge is 0.264 e. The van der Waals surface area contributed by atoms with Crippen molar-refractivity contribution >= 4 is 10.1 Å². The zero-order valence-electron chi connectivity index (χ0n) is 29.5. The van der Waals surface area contributed by atoms with Gasteiger partial charge in [-0.3, -0.25) is 9.45 Å². The predicted molar refractivity (Wildman–Crippen MR) is 189 cm³/mol. The molecule has 0 aliphatic rings. The number of unbranched alkanes of at least 4 members (excludes halogenated alkanes) is 18. The highest BCUT2D eigenvalue weighted by molar-refractivity contribution is 7.85. The molecule has 0 aromatic heterocycles. The van der Waals surface area contributed by atoms with Gasteiger partial charge < -0.3 is 15.1 Å². The Labute approximate surface area is 274 Å². The molecule has 0 radical (unpaired) electrons. The van der Waals surface area contributed by atoms with E-state index in [9.17, 15) is 18.6 Å². The van der Waals surface area contributed by atoms with Crippen LogP contribution in [-0.4, -0.2) is 90.2 Å². The number of hydrogen-bond donors (Lipinski definition) is 3. The van der Waals surface area contributed by atoms with Gasteiger partial charge in [-0.2, -0.15) is 8.42 Å². The first-order valence-electron chi connectivity index (χ1n) is 19.0. The summed E-state index contributed by atoms with van der Waals surface area (Å²) < 4.78 is 31.1. The normalized spacial score (nSPS) is 13.7. The topological polar surface area (TPSA) is 101 Å². The van der Waals surface area contributed by atoms with Crippen molar-refractivity contribution in [1.82, 2.24) is 9.80 Å². The molecule has 0 bridgehead atoms. The molecule has 266 valence electrons. The molecule has 0 spiro atoms. The van der Waals surface area contributed by atoms with Crippen LogP contribution in [0.4, 0.5) is 0 Å². The molecule has 0 aliphatic carbocycles. The maximum atomic E-state index is 11.1. The van der Waals surface area contributed by atoms with Crippen molar-refractivity contribution in [1.29, 1.82) is 0 Å². The average molecular weight is 649 g/mol. The van der Waals surface area contributed by atoms with Crippen molar-refractivity contribution in [2.24, 2.45) is 0 Å². The Morgan fingerprint density at radius 1 is 0.477 bits per heavy atom. The Hall–Kier alpha value is -0.250. The largest absolute Gasteiger partial charge is 0.392 e. The monoisotopic (exact) mass is 649 g/mol. The van der Waals surface area contributed by atoms with Gasteiger partial charge in [-0.25, -0.2) is 0 Å². The quantitative estimate of drug-likeness (QED) is 0.0467. The fourth-order valence-corrected chi connectivity index (χ4v) is 6.68. The van der Waals surface area contributed by atoms with Crippen LogP contribution in [0.3, 0.4) is 0 Å². The lowest BCUT2D eigenvalue weighted by Crippen LogP contribution is -2.40. The molecule has 3 N–H and O–H groups in total. The van der Waals surface area contributed by atoms with Crippen molar-refractivity contribution in [3.8, 4) is 0 Å². The van der Waals surface area contributed by atoms with E-state index in [0.717, 1.165) is 51.7 Å². The Balaban J connectivity index is 4.46. The SMILES string of the molecule is CCCCCCCCCCCCC(O)CN(CCCN(CC)CCCS(=O)(=O)O)CC(O)CCCCCCCCCCCC. The van der Waals surface area contributed by atoms with Gasteiger partial charge in [0.2, 0.25) is 0 Å². The zero-order chi connectivity index (χ0) is 32.7. The van der Waals surface area contributed by atoms with Gasteiger partial charge in [0.15, 0.2) is 0 Å². The van der Waals surface area contributed by atoms with Gasteiger partial charge in [0.25, 0.3) is 10.1 Å². The maximum absolute atomic E-state index is 11.1. The summed E-state index contributed by atoms with van der Waals surface area (Å²) in [5, 5.41) is 21.7. The molecular weight excluding hydrogens is 572 g/mol. The summed E-state index contributed by atoms with van der Waals surface area (Å²) >= 11 is 0. The average Bonchev–Trinajstić information content (AvgIpc) is 2.97. The highest BCUT2D eigenvalue weighted by Crippen LogP contribution is 2.15. The van der Waals surface area contributed by atoms with Crippen LogP contribution >= 0.6 is 0 Å². The highest BCUT2D eigenvalue weighted by atomic mass is 32.2. The minimum Gasteiger partial charge on any atom is -0.392 e. The van der Waals surface area contributed by atoms with Crippen LogP contribution in [0.1, 0.15) is 175 Å². The number of aliphatic hydroxyl groups excluding tert-OH is 2. The van der Waals surface area contributed by atoms with Crippen molar-refractivity contribution in [2.45, 2.75) is 187 Å². The molecule has 44 heavy (non-hydrogen) atoms. The maximum Gasteiger partial charge on any atom is 0.264 e. The molecule has 7 nitrogen and oxygen atoms in total. The fraction of sp³-hybridized carbons (Fsp3) is 1.00. The first-order valence-corrected chi connectivity index (χ1v) is 20.6. The van der Waals surface area contributed by atoms with E-state index < -0.39 is 10.1 Å². The van der Waals surface area contributed by atoms with Gasteiger partial charge >= 0.3 is 0 Å². The lowest BCUT2D eigenvalue weighted by atomic mass is 10.0. The standard InChI is InChI=1S/C36H76N2O5S/c1-4-7-9-11-13-15-17-19-21-23-27-35(39)33-38(30-25-29-37(6-3)31-26-32-44(41,42)43)34-36(40)28-24-22-20-18-16-14-12-10-8-5-2/h35-36,39-40H,4-34H2,1-3H3,(H,41,42,43). The van der Waals surface area contributed by atoms with Crippen molar-refractivity contribution in [3.05, 3.63) is 0 Å². The van der Waals surface area contributed by atoms with Gasteiger partial charge in [-0.05, 0) is 51.9 Å². The highest BCUT2D eigenvalue weighted by Gasteiger charge is 2.16. The molecule has 0 amide bonds. The fourth-order valence-electron chi connectivity index (χ4n) is 6.19. The van der Waals surface area contributed by atoms with Gasteiger partial charge in [0.1, 0.15) is 0 Å². The Morgan fingerprint density at radius 3 is 1.18 bits per heavy atom. The molecule has 0 aromatic carbocycles. The molecule has 0 aromatic rings. The Bertz CT molecular complexity index is 662. The third-order valence-corrected chi connectivity index (χ3v) is 9.80. The minimum atomic E-state index is -3.92. The zero-order valence-corrected chi connectivity index (χ0v) is 30.4. The van der Waals surface area contributed by atoms with Crippen molar-refractivity contribution < 1.29 is 23.2 Å². The van der Waals surface area contributed by atoms with E-state index in [1.165, 1.54) is 116 Å². The van der Waals surface area contributed by atoms with Gasteiger partial charge in [0, 0.05) is 13.1 Å². The molecule has 8 heteroatoms. The molecule has 0 aliphatic heterocycles. The first-order chi connectivity index (χ1) is 21.2. The molecule has 0 fully saturated rings. The van der Waals surface area contributed by atoms with Gasteiger partial charge in [0.05, 0.1) is 18.0 Å². The molecular formula is C36H76N2O5S. The summed E-state index contributed by atoms with van der Waals surface area (Å²) in [5.41, 5.74) is 0. The summed E-state index contributed by atoms with van der Waals surface area (Å²) in [6.45, 7) is 10.9. The second-order valence-electron chi connectivity index (χ2n) is 13.4. The van der Waals surface area contributed by atoms with E-state index in [1.807, 2.05) is 0 Å². The number of hydrogen-bond acceptors (Lipinski definition) is 6. The van der Waals surface area contributed by atoms with Crippen LogP contribution in [0.2, 0.25) is 0 Å². The lowest BCUT2D eigenvalue weighted by molar-refractivity contribution is 0.0584. The first kappa shape index (κ1) is 43.8. The summed E-state index contributed by atoms with van der Waals surface area (Å²) in [6.07, 6.45) is 28.0. The van der Waals surface area contributed by atoms with Crippen molar-refractivity contribution in [2.75, 3.05) is 45.0 Å². The summed E-state index contributed by atoms with van der Waals surface area (Å²) in [6, 6.07) is 0. The van der Waals surface area contributed by atoms with Crippen LogP contribution < -0.4 is 0 Å². The van der Waals surface area contributed by atoms with E-state index in [4.69, 9.17) is 4.55 Å². The molecule has 0 heterocycles. The minimum absolute atomic E-state index is 0.202. The molecule has 2 unspecified atom stereocenters. The molecule has 2 atom stereocenters. The van der Waals surface area contributed by atoms with Crippen LogP contribution in [-0.2, 0) is 10.1 Å². The Morgan fingerprint density at radius 2 is 0.818 bits per heavy atom. The second kappa shape index (κ2) is 31.4. The van der Waals surface area contributed by atoms with Gasteiger partial charge in [-0.15, -0.1) is 0 Å². The Kier molecular flexibility index (Phi) is 31.2. The van der Waals surface area contributed by atoms with Crippen molar-refractivity contribution in [3.63, 3.8) is 0 Å². The van der Waals surface area contributed by atoms with E-state index in [0.29, 0.717) is 26.1 Å². The lowest BCUT2D eigenvalue weighted by Gasteiger charge is -2.29. The third-order valence-electron chi connectivity index (χ3n) is 8.99. The van der Waals surface area contributed by atoms with E-state index in [2.05, 4.69) is 30.6 Å². The van der Waals surface area contributed by atoms with Crippen LogP contribution in [0.25, 0.3) is 0 Å². The predicted octanol–water partition coefficient (Wildman–Crippen LogP) is 8.62. The summed E-state index contributed by atoms with van der Waals surface area (Å²) in [5.74, 6) is -0.202. The summed E-state index contributed by atoms with van der Waals surface area (Å²) in [4.78, 5) is 4.46. The van der Waals surface area contributed by atoms with Crippen LogP contribution in [0.5, 0.6) is 0 Å². The second-order valence-corrected chi connectivity index (χ2v) is 15.0. The molecule has 0 saturated carbocycles. The molecule has 0 saturated heterocycles.